The summed E-state index contributed by atoms with van der Waals surface area (Å²) in [7, 11) is 3.52. The first-order valence-corrected chi connectivity index (χ1v) is 10.5. The monoisotopic (exact) mass is 439 g/mol. The summed E-state index contributed by atoms with van der Waals surface area (Å²) in [5, 5.41) is 0.828. The summed E-state index contributed by atoms with van der Waals surface area (Å²) in [6.45, 7) is 11.5. The van der Waals surface area contributed by atoms with Gasteiger partial charge >= 0.3 is 0 Å². The van der Waals surface area contributed by atoms with Gasteiger partial charge in [0.05, 0.1) is 5.57 Å². The molecule has 0 radical (unpaired) electrons. The topological polar surface area (TPSA) is 45.1 Å². The number of amides is 1. The van der Waals surface area contributed by atoms with Crippen molar-refractivity contribution in [2.45, 2.75) is 34.1 Å². The smallest absolute Gasteiger partial charge is 0.258 e. The zero-order valence-electron chi connectivity index (χ0n) is 19.1. The summed E-state index contributed by atoms with van der Waals surface area (Å²) in [5.74, 6) is 2.21. The van der Waals surface area contributed by atoms with Gasteiger partial charge in [-0.15, -0.1) is 0 Å². The minimum Gasteiger partial charge on any atom is -0.443 e. The molecule has 0 saturated heterocycles. The van der Waals surface area contributed by atoms with E-state index in [4.69, 9.17) is 16.3 Å². The van der Waals surface area contributed by atoms with Crippen molar-refractivity contribution >= 4 is 23.4 Å². The number of benzene rings is 2. The summed E-state index contributed by atoms with van der Waals surface area (Å²) < 4.78 is 5.70. The summed E-state index contributed by atoms with van der Waals surface area (Å²) in [6.07, 6.45) is 1.06. The molecule has 0 aromatic heterocycles. The predicted molar refractivity (Wildman–Crippen MR) is 128 cm³/mol. The number of halogens is 1. The molecule has 1 aliphatic rings. The average molecular weight is 440 g/mol. The van der Waals surface area contributed by atoms with Crippen LogP contribution in [0.2, 0.25) is 5.02 Å². The third kappa shape index (κ3) is 6.46. The average Bonchev–Trinajstić information content (AvgIpc) is 2.76. The van der Waals surface area contributed by atoms with Crippen molar-refractivity contribution in [3.63, 3.8) is 0 Å². The predicted octanol–water partition coefficient (Wildman–Crippen LogP) is 5.80. The molecule has 0 aliphatic carbocycles. The molecule has 0 unspecified atom stereocenters. The molecule has 164 valence electrons. The number of carbonyl (C=O) groups is 1. The highest BCUT2D eigenvalue weighted by molar-refractivity contribution is 6.30. The van der Waals surface area contributed by atoms with E-state index in [0.717, 1.165) is 17.0 Å². The molecule has 0 bridgehead atoms. The molecular formula is C25H30ClN3O2. The van der Waals surface area contributed by atoms with E-state index >= 15 is 0 Å². The van der Waals surface area contributed by atoms with Crippen LogP contribution in [0.4, 0.5) is 0 Å². The number of hydrogen-bond donors (Lipinski definition) is 0. The van der Waals surface area contributed by atoms with Crippen LogP contribution < -0.4 is 4.74 Å². The first-order chi connectivity index (χ1) is 14.6. The Hall–Kier alpha value is -3.05. The molecule has 31 heavy (non-hydrogen) atoms. The van der Waals surface area contributed by atoms with Gasteiger partial charge in [-0.05, 0) is 50.1 Å². The van der Waals surface area contributed by atoms with Crippen molar-refractivity contribution in [3.8, 4) is 5.75 Å². The third-order valence-corrected chi connectivity index (χ3v) is 5.14. The Morgan fingerprint density at radius 3 is 2.29 bits per heavy atom. The number of ether oxygens (including phenoxy) is 1. The number of likely N-dealkylation sites (N-methyl/N-ethyl adjacent to an activating group) is 1. The lowest BCUT2D eigenvalue weighted by Crippen LogP contribution is -2.40. The van der Waals surface area contributed by atoms with Crippen molar-refractivity contribution in [3.05, 3.63) is 88.5 Å². The first-order valence-electron chi connectivity index (χ1n) is 10.1. The fraction of sp³-hybridized carbons (Fsp3) is 0.280. The summed E-state index contributed by atoms with van der Waals surface area (Å²) >= 11 is 5.72. The zero-order chi connectivity index (χ0) is 23.1. The Labute approximate surface area is 190 Å². The van der Waals surface area contributed by atoms with Gasteiger partial charge in [0.1, 0.15) is 17.4 Å². The second-order valence-corrected chi connectivity index (χ2v) is 7.75. The lowest BCUT2D eigenvalue weighted by molar-refractivity contribution is -0.126. The highest BCUT2D eigenvalue weighted by Gasteiger charge is 2.28. The molecule has 1 heterocycles. The number of nitrogens with zero attached hydrogens (tertiary/aromatic N) is 3. The van der Waals surface area contributed by atoms with Crippen molar-refractivity contribution in [1.29, 1.82) is 0 Å². The van der Waals surface area contributed by atoms with E-state index in [9.17, 15) is 4.79 Å². The van der Waals surface area contributed by atoms with Gasteiger partial charge in [-0.2, -0.15) is 4.99 Å². The van der Waals surface area contributed by atoms with Crippen LogP contribution in [0.3, 0.4) is 0 Å². The Morgan fingerprint density at radius 2 is 1.74 bits per heavy atom. The zero-order valence-corrected chi connectivity index (χ0v) is 19.8. The van der Waals surface area contributed by atoms with Crippen molar-refractivity contribution in [2.24, 2.45) is 4.99 Å². The molecule has 5 nitrogen and oxygen atoms in total. The second kappa shape index (κ2) is 10.8. The number of aliphatic imine (C=N–C) groups is 1. The number of carbonyl (C=O) groups excluding carboxylic acids is 1. The van der Waals surface area contributed by atoms with Crippen LogP contribution in [-0.4, -0.2) is 35.7 Å². The van der Waals surface area contributed by atoms with Gasteiger partial charge in [0.25, 0.3) is 5.91 Å². The largest absolute Gasteiger partial charge is 0.443 e. The Bertz CT molecular complexity index is 1010. The van der Waals surface area contributed by atoms with Crippen molar-refractivity contribution < 1.29 is 9.53 Å². The SMILES string of the molecule is C=C1N(C)C(=O)C(C)=C(/N=C(\C)Oc2ccc(C)cc2)N1C.CCc1cccc(Cl)c1. The quantitative estimate of drug-likeness (QED) is 0.448. The summed E-state index contributed by atoms with van der Waals surface area (Å²) in [5.41, 5.74) is 3.02. The van der Waals surface area contributed by atoms with Crippen LogP contribution in [0.1, 0.15) is 31.9 Å². The van der Waals surface area contributed by atoms with Gasteiger partial charge in [0.15, 0.2) is 5.90 Å². The number of hydrogen-bond acceptors (Lipinski definition) is 4. The molecule has 1 amide bonds. The minimum absolute atomic E-state index is 0.106. The van der Waals surface area contributed by atoms with Crippen molar-refractivity contribution in [2.75, 3.05) is 14.1 Å². The molecule has 0 atom stereocenters. The van der Waals surface area contributed by atoms with Gasteiger partial charge in [0, 0.05) is 26.0 Å². The summed E-state index contributed by atoms with van der Waals surface area (Å²) in [4.78, 5) is 19.9. The minimum atomic E-state index is -0.106. The normalized spacial score (nSPS) is 14.5. The molecule has 2 aromatic rings. The number of aryl methyl sites for hydroxylation is 2. The van der Waals surface area contributed by atoms with Crippen molar-refractivity contribution in [1.82, 2.24) is 9.80 Å². The molecule has 6 heteroatoms. The maximum Gasteiger partial charge on any atom is 0.258 e. The van der Waals surface area contributed by atoms with E-state index < -0.39 is 0 Å². The molecular weight excluding hydrogens is 410 g/mol. The molecule has 3 rings (SSSR count). The lowest BCUT2D eigenvalue weighted by Gasteiger charge is -2.34. The van der Waals surface area contributed by atoms with E-state index in [-0.39, 0.29) is 5.91 Å². The van der Waals surface area contributed by atoms with Crippen LogP contribution in [-0.2, 0) is 11.2 Å². The van der Waals surface area contributed by atoms with E-state index in [1.807, 2.05) is 56.4 Å². The van der Waals surface area contributed by atoms with Gasteiger partial charge in [0.2, 0.25) is 0 Å². The molecule has 0 spiro atoms. The fourth-order valence-electron chi connectivity index (χ4n) is 2.93. The standard InChI is InChI=1S/C17H21N3O2.C8H9Cl/c1-11-7-9-15(10-8-11)22-13(3)18-16-12(2)17(21)20(6)14(4)19(16)5;1-2-7-4-3-5-8(9)6-7/h7-10H,4H2,1-3,5-6H3;3-6H,2H2,1H3/b18-13+;. The highest BCUT2D eigenvalue weighted by Crippen LogP contribution is 2.25. The molecule has 2 aromatic carbocycles. The van der Waals surface area contributed by atoms with Gasteiger partial charge < -0.3 is 9.64 Å². The maximum atomic E-state index is 12.1. The van der Waals surface area contributed by atoms with E-state index in [0.29, 0.717) is 28.9 Å². The third-order valence-electron chi connectivity index (χ3n) is 4.90. The second-order valence-electron chi connectivity index (χ2n) is 7.32. The van der Waals surface area contributed by atoms with Gasteiger partial charge in [-0.25, -0.2) is 0 Å². The highest BCUT2D eigenvalue weighted by atomic mass is 35.5. The van der Waals surface area contributed by atoms with Gasteiger partial charge in [-0.3, -0.25) is 9.69 Å². The molecule has 1 aliphatic heterocycles. The Balaban J connectivity index is 0.000000316. The van der Waals surface area contributed by atoms with Crippen LogP contribution >= 0.6 is 11.6 Å². The van der Waals surface area contributed by atoms with Crippen LogP contribution in [0.15, 0.2) is 77.3 Å². The molecule has 0 N–H and O–H groups in total. The van der Waals surface area contributed by atoms with E-state index in [2.05, 4.69) is 24.6 Å². The van der Waals surface area contributed by atoms with E-state index in [1.54, 1.807) is 25.8 Å². The van der Waals surface area contributed by atoms with E-state index in [1.165, 1.54) is 10.5 Å². The maximum absolute atomic E-state index is 12.1. The Kier molecular flexibility index (Phi) is 8.46. The Morgan fingerprint density at radius 1 is 1.10 bits per heavy atom. The van der Waals surface area contributed by atoms with Gasteiger partial charge in [-0.1, -0.05) is 54.9 Å². The lowest BCUT2D eigenvalue weighted by atomic mass is 10.2. The van der Waals surface area contributed by atoms with Crippen LogP contribution in [0.5, 0.6) is 5.75 Å². The molecule has 0 saturated carbocycles. The first kappa shape index (κ1) is 24.2. The fourth-order valence-corrected chi connectivity index (χ4v) is 3.14. The summed E-state index contributed by atoms with van der Waals surface area (Å²) in [6, 6.07) is 15.6. The van der Waals surface area contributed by atoms with Crippen LogP contribution in [0, 0.1) is 6.92 Å². The molecule has 0 fully saturated rings. The number of rotatable bonds is 3. The van der Waals surface area contributed by atoms with Crippen LogP contribution in [0.25, 0.3) is 0 Å².